The summed E-state index contributed by atoms with van der Waals surface area (Å²) in [7, 11) is 0. The van der Waals surface area contributed by atoms with Gasteiger partial charge in [0.1, 0.15) is 0 Å². The van der Waals surface area contributed by atoms with E-state index in [1.807, 2.05) is 24.3 Å². The quantitative estimate of drug-likeness (QED) is 0.160. The van der Waals surface area contributed by atoms with Gasteiger partial charge in [0, 0.05) is 38.4 Å². The predicted molar refractivity (Wildman–Crippen MR) is 296 cm³/mol. The molecule has 0 saturated carbocycles. The van der Waals surface area contributed by atoms with Crippen LogP contribution in [-0.2, 0) is 10.8 Å². The van der Waals surface area contributed by atoms with E-state index in [-0.39, 0.29) is 10.8 Å². The maximum atomic E-state index is 5.39. The van der Waals surface area contributed by atoms with Gasteiger partial charge in [-0.1, -0.05) is 204 Å². The SMILES string of the molecule is CC1CC(C)(C)c2cc(-c3cccc(-c4ccc(-n5c6ccccc6c6cc7c8ccccc8n(-c8nc(-c9ccccc9)nc(-c9ccccc9-c9ccccc9)n8)c7cc65)cc4)c3)ccc2C1(C)C. The molecule has 3 heterocycles. The minimum absolute atomic E-state index is 0.126. The molecule has 1 aliphatic carbocycles. The molecule has 9 aromatic carbocycles. The highest BCUT2D eigenvalue weighted by molar-refractivity contribution is 6.19. The Labute approximate surface area is 414 Å². The molecule has 0 saturated heterocycles. The van der Waals surface area contributed by atoms with E-state index >= 15 is 0 Å². The number of hydrogen-bond acceptors (Lipinski definition) is 3. The van der Waals surface area contributed by atoms with Crippen molar-refractivity contribution in [1.29, 1.82) is 0 Å². The van der Waals surface area contributed by atoms with E-state index < -0.39 is 0 Å². The van der Waals surface area contributed by atoms with Crippen molar-refractivity contribution < 1.29 is 0 Å². The van der Waals surface area contributed by atoms with Crippen LogP contribution in [0.4, 0.5) is 0 Å². The molecule has 342 valence electrons. The van der Waals surface area contributed by atoms with Gasteiger partial charge >= 0.3 is 0 Å². The molecule has 0 bridgehead atoms. The lowest BCUT2D eigenvalue weighted by Crippen LogP contribution is -2.40. The third kappa shape index (κ3) is 7.01. The molecule has 1 aliphatic rings. The van der Waals surface area contributed by atoms with Crippen molar-refractivity contribution in [3.05, 3.63) is 223 Å². The third-order valence-electron chi connectivity index (χ3n) is 15.7. The van der Waals surface area contributed by atoms with Crippen molar-refractivity contribution in [2.24, 2.45) is 5.92 Å². The van der Waals surface area contributed by atoms with Crippen LogP contribution in [-0.4, -0.2) is 24.1 Å². The lowest BCUT2D eigenvalue weighted by atomic mass is 9.58. The lowest BCUT2D eigenvalue weighted by Gasteiger charge is -2.46. The fourth-order valence-electron chi connectivity index (χ4n) is 11.7. The van der Waals surface area contributed by atoms with Crippen LogP contribution in [0, 0.1) is 5.92 Å². The fourth-order valence-corrected chi connectivity index (χ4v) is 11.7. The van der Waals surface area contributed by atoms with Gasteiger partial charge in [-0.3, -0.25) is 4.57 Å². The highest BCUT2D eigenvalue weighted by Gasteiger charge is 2.42. The average Bonchev–Trinajstić information content (AvgIpc) is 3.92. The highest BCUT2D eigenvalue weighted by atomic mass is 15.2. The molecule has 0 aliphatic heterocycles. The zero-order chi connectivity index (χ0) is 48.0. The second-order valence-corrected chi connectivity index (χ2v) is 20.8. The van der Waals surface area contributed by atoms with Gasteiger partial charge in [0.15, 0.2) is 11.6 Å². The number of hydrogen-bond donors (Lipinski definition) is 0. The summed E-state index contributed by atoms with van der Waals surface area (Å²) < 4.78 is 4.64. The van der Waals surface area contributed by atoms with Gasteiger partial charge < -0.3 is 4.57 Å². The van der Waals surface area contributed by atoms with E-state index in [9.17, 15) is 0 Å². The Morgan fingerprint density at radius 2 is 0.915 bits per heavy atom. The summed E-state index contributed by atoms with van der Waals surface area (Å²) >= 11 is 0. The molecule has 0 N–H and O–H groups in total. The summed E-state index contributed by atoms with van der Waals surface area (Å²) in [6.07, 6.45) is 1.18. The molecule has 13 rings (SSSR count). The van der Waals surface area contributed by atoms with E-state index in [0.29, 0.717) is 23.5 Å². The van der Waals surface area contributed by atoms with Crippen molar-refractivity contribution >= 4 is 43.6 Å². The fraction of sp³-hybridized carbons (Fsp3) is 0.136. The van der Waals surface area contributed by atoms with Crippen molar-refractivity contribution in [3.8, 4) is 67.8 Å². The van der Waals surface area contributed by atoms with Gasteiger partial charge in [0.2, 0.25) is 5.95 Å². The second-order valence-electron chi connectivity index (χ2n) is 20.8. The van der Waals surface area contributed by atoms with Crippen LogP contribution in [0.3, 0.4) is 0 Å². The smallest absolute Gasteiger partial charge is 0.238 e. The molecule has 0 radical (unpaired) electrons. The Morgan fingerprint density at radius 3 is 1.62 bits per heavy atom. The summed E-state index contributed by atoms with van der Waals surface area (Å²) in [4.78, 5) is 15.9. The maximum absolute atomic E-state index is 5.39. The summed E-state index contributed by atoms with van der Waals surface area (Å²) in [6, 6.07) is 76.5. The molecule has 5 nitrogen and oxygen atoms in total. The number of aromatic nitrogens is 5. The first-order chi connectivity index (χ1) is 34.6. The van der Waals surface area contributed by atoms with Crippen LogP contribution in [0.2, 0.25) is 0 Å². The van der Waals surface area contributed by atoms with Gasteiger partial charge in [0.25, 0.3) is 0 Å². The Kier molecular flexibility index (Phi) is 9.83. The molecular weight excluding hydrogens is 863 g/mol. The van der Waals surface area contributed by atoms with E-state index in [1.54, 1.807) is 0 Å². The Hall–Kier alpha value is -8.41. The molecule has 71 heavy (non-hydrogen) atoms. The average molecular weight is 916 g/mol. The molecule has 0 amide bonds. The number of para-hydroxylation sites is 2. The summed E-state index contributed by atoms with van der Waals surface area (Å²) in [5.41, 5.74) is 17.6. The number of benzene rings is 9. The largest absolute Gasteiger partial charge is 0.309 e. The molecule has 0 spiro atoms. The third-order valence-corrected chi connectivity index (χ3v) is 15.7. The van der Waals surface area contributed by atoms with Crippen LogP contribution < -0.4 is 0 Å². The van der Waals surface area contributed by atoms with Gasteiger partial charge in [-0.25, -0.2) is 4.98 Å². The number of nitrogens with zero attached hydrogens (tertiary/aromatic N) is 5. The van der Waals surface area contributed by atoms with Gasteiger partial charge in [-0.2, -0.15) is 9.97 Å². The lowest BCUT2D eigenvalue weighted by molar-refractivity contribution is 0.233. The molecule has 1 atom stereocenters. The molecule has 3 aromatic heterocycles. The Bertz CT molecular complexity index is 4030. The summed E-state index contributed by atoms with van der Waals surface area (Å²) in [5, 5.41) is 4.67. The van der Waals surface area contributed by atoms with Gasteiger partial charge in [-0.05, 0) is 110 Å². The summed E-state index contributed by atoms with van der Waals surface area (Å²) in [6.45, 7) is 12.1. The minimum Gasteiger partial charge on any atom is -0.309 e. The van der Waals surface area contributed by atoms with E-state index in [1.165, 1.54) is 50.6 Å². The molecular formula is C66H53N5. The first-order valence-electron chi connectivity index (χ1n) is 24.9. The Balaban J connectivity index is 0.959. The van der Waals surface area contributed by atoms with Crippen LogP contribution >= 0.6 is 0 Å². The summed E-state index contributed by atoms with van der Waals surface area (Å²) in [5.74, 6) is 2.42. The van der Waals surface area contributed by atoms with Gasteiger partial charge in [0.05, 0.1) is 22.1 Å². The molecule has 0 fully saturated rings. The zero-order valence-electron chi connectivity index (χ0n) is 40.7. The van der Waals surface area contributed by atoms with Crippen LogP contribution in [0.15, 0.2) is 212 Å². The van der Waals surface area contributed by atoms with E-state index in [2.05, 4.69) is 232 Å². The van der Waals surface area contributed by atoms with Crippen molar-refractivity contribution in [2.45, 2.75) is 51.9 Å². The number of fused-ring (bicyclic) bond motifs is 7. The number of rotatable bonds is 7. The Morgan fingerprint density at radius 1 is 0.380 bits per heavy atom. The predicted octanol–water partition coefficient (Wildman–Crippen LogP) is 17.0. The van der Waals surface area contributed by atoms with Crippen molar-refractivity contribution in [3.63, 3.8) is 0 Å². The maximum Gasteiger partial charge on any atom is 0.238 e. The first kappa shape index (κ1) is 42.7. The van der Waals surface area contributed by atoms with E-state index in [0.717, 1.165) is 60.8 Å². The zero-order valence-corrected chi connectivity index (χ0v) is 40.7. The molecule has 5 heteroatoms. The normalized spacial score (nSPS) is 15.1. The highest BCUT2D eigenvalue weighted by Crippen LogP contribution is 2.50. The topological polar surface area (TPSA) is 48.5 Å². The molecule has 1 unspecified atom stereocenters. The first-order valence-corrected chi connectivity index (χ1v) is 24.9. The standard InChI is InChI=1S/C66H53N5/c1-42-41-65(2,3)57-38-48(33-36-56(57)66(42,4)5)47-24-18-23-46(37-47)43-31-34-49(35-32-43)70-58-29-16-14-26-51(58)54-39-55-52-27-15-17-30-59(52)71(61(55)40-60(54)70)64-68-62(45-21-10-7-11-22-45)67-63(69-64)53-28-13-12-25-50(53)44-19-8-6-9-20-44/h6-40,42H,41H2,1-5H3. The van der Waals surface area contributed by atoms with Gasteiger partial charge in [-0.15, -0.1) is 0 Å². The monoisotopic (exact) mass is 915 g/mol. The molecule has 12 aromatic rings. The second kappa shape index (κ2) is 16.4. The van der Waals surface area contributed by atoms with Crippen molar-refractivity contribution in [1.82, 2.24) is 24.1 Å². The van der Waals surface area contributed by atoms with Crippen LogP contribution in [0.1, 0.15) is 52.2 Å². The van der Waals surface area contributed by atoms with E-state index in [4.69, 9.17) is 15.0 Å². The van der Waals surface area contributed by atoms with Crippen LogP contribution in [0.5, 0.6) is 0 Å². The van der Waals surface area contributed by atoms with Crippen molar-refractivity contribution in [2.75, 3.05) is 0 Å². The van der Waals surface area contributed by atoms with Crippen LogP contribution in [0.25, 0.3) is 111 Å². The minimum atomic E-state index is 0.126.